The van der Waals surface area contributed by atoms with Crippen molar-refractivity contribution < 1.29 is 89.1 Å². The maximum Gasteiger partial charge on any atom is 2.00 e. The molecule has 4 fully saturated rings. The maximum atomic E-state index is 14.6. The molecular formula is C34H46CuF2N6O20. The number of hydrogen-bond donors (Lipinski definition) is 2. The number of benzene rings is 2. The minimum Gasteiger partial charge on any atom is -0.870 e. The molecule has 0 atom stereocenters. The summed E-state index contributed by atoms with van der Waals surface area (Å²) in [5, 5.41) is 27.0. The van der Waals surface area contributed by atoms with Crippen LogP contribution in [0.1, 0.15) is 58.5 Å². The van der Waals surface area contributed by atoms with Crippen LogP contribution < -0.4 is 41.5 Å². The molecule has 29 heteroatoms. The van der Waals surface area contributed by atoms with Gasteiger partial charge in [0.1, 0.15) is 11.6 Å². The van der Waals surface area contributed by atoms with Crippen molar-refractivity contribution in [2.75, 3.05) is 62.2 Å². The predicted molar refractivity (Wildman–Crippen MR) is 215 cm³/mol. The van der Waals surface area contributed by atoms with Gasteiger partial charge in [-0.3, -0.25) is 9.59 Å². The number of carbonyl (C=O) groups is 2. The van der Waals surface area contributed by atoms with Crippen LogP contribution in [0.2, 0.25) is 0 Å². The zero-order chi connectivity index (χ0) is 41.7. The summed E-state index contributed by atoms with van der Waals surface area (Å²) in [6.45, 7) is 6.57. The van der Waals surface area contributed by atoms with Gasteiger partial charge in [-0.05, 0) is 49.9 Å². The van der Waals surface area contributed by atoms with Gasteiger partial charge in [0.05, 0.1) is 97.8 Å². The number of aromatic carboxylic acids is 2. The molecule has 0 unspecified atom stereocenters. The number of nitrogens with zero attached hydrogens (tertiary/aromatic N) is 4. The van der Waals surface area contributed by atoms with Gasteiger partial charge in [-0.25, -0.2) is 8.78 Å². The fourth-order valence-corrected chi connectivity index (χ4v) is 6.78. The fraction of sp³-hybridized carbons (Fsp3) is 0.412. The van der Waals surface area contributed by atoms with E-state index in [4.69, 9.17) is 39.7 Å². The van der Waals surface area contributed by atoms with Gasteiger partial charge in [0.15, 0.2) is 10.9 Å². The number of hydrogen-bond acceptors (Lipinski definition) is 18. The van der Waals surface area contributed by atoms with Crippen LogP contribution in [0.3, 0.4) is 0 Å². The average molecular weight is 960 g/mol. The molecule has 4 aliphatic rings. The second-order valence-corrected chi connectivity index (χ2v) is 12.9. The molecule has 0 bridgehead atoms. The van der Waals surface area contributed by atoms with Crippen molar-refractivity contribution in [3.05, 3.63) is 120 Å². The van der Waals surface area contributed by atoms with Crippen LogP contribution in [0.4, 0.5) is 20.2 Å². The molecule has 4 heterocycles. The first kappa shape index (κ1) is 66.0. The van der Waals surface area contributed by atoms with E-state index in [2.05, 4.69) is 10.6 Å². The van der Waals surface area contributed by atoms with Crippen molar-refractivity contribution in [3.63, 3.8) is 0 Å². The van der Waals surface area contributed by atoms with Gasteiger partial charge >= 0.3 is 17.1 Å². The SMILES string of the molecule is O.O.O.O.O=C([O-])c1cn(C2CC2)c2cc(N3CC[NH2+]CC3)c(F)cc2c1=O.O=C([O-])c1cn(C2CC2)c2cc(N3CC[NH2+]CC3)c(F)cc2c1=O.O=O.O=O.O=O.O=O.[Cu+2].[OH-].[OH-]. The summed E-state index contributed by atoms with van der Waals surface area (Å²) in [5.74, 6) is -4.02. The normalized spacial score (nSPS) is 14.1. The molecule has 2 aromatic carbocycles. The first-order valence-corrected chi connectivity index (χ1v) is 17.1. The van der Waals surface area contributed by atoms with E-state index < -0.39 is 45.6 Å². The molecule has 0 spiro atoms. The molecule has 8 rings (SSSR count). The number of pyridine rings is 2. The Morgan fingerprint density at radius 2 is 0.810 bits per heavy atom. The Labute approximate surface area is 362 Å². The third-order valence-corrected chi connectivity index (χ3v) is 9.62. The van der Waals surface area contributed by atoms with E-state index in [-0.39, 0.29) is 72.8 Å². The molecule has 1 radical (unpaired) electrons. The van der Waals surface area contributed by atoms with Crippen LogP contribution >= 0.6 is 0 Å². The number of nitrogens with two attached hydrogens (primary N) is 2. The maximum absolute atomic E-state index is 14.6. The molecule has 26 nitrogen and oxygen atoms in total. The Hall–Kier alpha value is -6.14. The number of carbonyl (C=O) groups excluding carboxylic acids is 2. The molecule has 2 saturated carbocycles. The Balaban J connectivity index is -0.000000280. The Morgan fingerprint density at radius 3 is 1.05 bits per heavy atom. The van der Waals surface area contributed by atoms with Gasteiger partial charge in [-0.15, -0.1) is 0 Å². The number of carboxylic acid groups (broad SMARTS) is 2. The largest absolute Gasteiger partial charge is 2.00 e. The summed E-state index contributed by atoms with van der Waals surface area (Å²) < 4.78 is 32.8. The molecule has 2 saturated heterocycles. The van der Waals surface area contributed by atoms with E-state index in [1.165, 1.54) is 24.5 Å². The summed E-state index contributed by atoms with van der Waals surface area (Å²) >= 11 is 0. The van der Waals surface area contributed by atoms with Crippen LogP contribution in [-0.4, -0.2) is 106 Å². The van der Waals surface area contributed by atoms with Crippen LogP contribution in [0.25, 0.3) is 21.8 Å². The minimum atomic E-state index is -1.52. The summed E-state index contributed by atoms with van der Waals surface area (Å²) in [4.78, 5) is 107. The van der Waals surface area contributed by atoms with Crippen LogP contribution in [0, 0.1) is 51.4 Å². The number of quaternary nitrogens is 2. The molecule has 63 heavy (non-hydrogen) atoms. The van der Waals surface area contributed by atoms with E-state index in [1.54, 1.807) is 21.3 Å². The first-order valence-electron chi connectivity index (χ1n) is 17.1. The van der Waals surface area contributed by atoms with Crippen LogP contribution in [-0.2, 0) is 17.1 Å². The van der Waals surface area contributed by atoms with Gasteiger partial charge in [-0.1, -0.05) is 0 Å². The molecule has 2 aliphatic carbocycles. The smallest absolute Gasteiger partial charge is 0.870 e. The summed E-state index contributed by atoms with van der Waals surface area (Å²) in [6, 6.07) is 6.06. The predicted octanol–water partition coefficient (Wildman–Crippen LogP) is -4.94. The number of fused-ring (bicyclic) bond motifs is 2. The van der Waals surface area contributed by atoms with Crippen molar-refractivity contribution in [3.8, 4) is 0 Å². The van der Waals surface area contributed by atoms with Crippen molar-refractivity contribution in [2.24, 2.45) is 0 Å². The van der Waals surface area contributed by atoms with Crippen molar-refractivity contribution in [2.45, 2.75) is 37.8 Å². The van der Waals surface area contributed by atoms with E-state index >= 15 is 0 Å². The number of rotatable bonds is 6. The Bertz CT molecular complexity index is 2010. The molecule has 0 amide bonds. The Morgan fingerprint density at radius 1 is 0.540 bits per heavy atom. The molecule has 4 aromatic rings. The number of aromatic nitrogens is 2. The summed E-state index contributed by atoms with van der Waals surface area (Å²) in [6.07, 6.45) is 6.41. The Kier molecular flexibility index (Phi) is 32.3. The van der Waals surface area contributed by atoms with Crippen molar-refractivity contribution in [1.82, 2.24) is 9.13 Å². The van der Waals surface area contributed by atoms with E-state index in [1.807, 2.05) is 9.80 Å². The quantitative estimate of drug-likeness (QED) is 0.171. The van der Waals surface area contributed by atoms with Gasteiger partial charge < -0.3 is 82.2 Å². The topological polar surface area (TPSA) is 487 Å². The van der Waals surface area contributed by atoms with Gasteiger partial charge in [0.2, 0.25) is 0 Å². The molecule has 14 N–H and O–H groups in total. The van der Waals surface area contributed by atoms with Crippen molar-refractivity contribution in [1.29, 1.82) is 0 Å². The molecule has 357 valence electrons. The van der Waals surface area contributed by atoms with Crippen LogP contribution in [0.5, 0.6) is 0 Å². The first-order chi connectivity index (χ1) is 27.1. The van der Waals surface area contributed by atoms with Gasteiger partial charge in [-0.2, -0.15) is 0 Å². The average Bonchev–Trinajstić information content (AvgIpc) is 4.18. The van der Waals surface area contributed by atoms with E-state index in [9.17, 15) is 38.2 Å². The zero-order valence-electron chi connectivity index (χ0n) is 32.7. The zero-order valence-corrected chi connectivity index (χ0v) is 33.7. The third kappa shape index (κ3) is 15.0. The molecular weight excluding hydrogens is 914 g/mol. The van der Waals surface area contributed by atoms with Crippen LogP contribution in [0.15, 0.2) is 46.2 Å². The third-order valence-electron chi connectivity index (χ3n) is 9.62. The standard InChI is InChI=1S/2C17H18FN3O3.Cu.4O2.6H2O/c2*18-13-7-11-14(8-15(13)20-5-3-19-4-6-20)21(10-1-2-10)9-12(16(11)22)17(23)24;;4*1-2;;;;;;/h2*7-10,19H,1-6H2,(H,23,24);;;;;;6*1H2/q;;+2;;;;;;;;;;/p-2. The van der Waals surface area contributed by atoms with E-state index in [0.29, 0.717) is 22.4 Å². The van der Waals surface area contributed by atoms with Crippen molar-refractivity contribution >= 4 is 45.1 Å². The second-order valence-electron chi connectivity index (χ2n) is 12.9. The van der Waals surface area contributed by atoms with Gasteiger partial charge in [0, 0.05) is 75.0 Å². The number of halogens is 2. The molecule has 2 aliphatic heterocycles. The number of anilines is 2. The summed E-state index contributed by atoms with van der Waals surface area (Å²) in [7, 11) is 0. The summed E-state index contributed by atoms with van der Waals surface area (Å²) in [5.41, 5.74) is -0.0324. The monoisotopic (exact) mass is 959 g/mol. The molecule has 2 aromatic heterocycles. The minimum absolute atomic E-state index is 0. The van der Waals surface area contributed by atoms with E-state index in [0.717, 1.165) is 78.0 Å². The number of piperazine rings is 2. The fourth-order valence-electron chi connectivity index (χ4n) is 6.78. The van der Waals surface area contributed by atoms with Gasteiger partial charge in [0.25, 0.3) is 0 Å². The second kappa shape index (κ2) is 30.8. The number of carboxylic acids is 2.